The molecule has 0 radical (unpaired) electrons. The summed E-state index contributed by atoms with van der Waals surface area (Å²) in [5.41, 5.74) is 3.72. The maximum absolute atomic E-state index is 4.84. The number of aliphatic imine (C=N–C) groups is 1. The SMILES string of the molecule is CCNC(=NCc1ccc(CN2CCCN(C)CC2)cc1)N(C)Cc1csc(C)n1.I. The molecule has 0 atom stereocenters. The zero-order valence-electron chi connectivity index (χ0n) is 19.3. The van der Waals surface area contributed by atoms with Gasteiger partial charge in [0.15, 0.2) is 5.96 Å². The Bertz CT molecular complexity index is 807. The summed E-state index contributed by atoms with van der Waals surface area (Å²) in [5, 5.41) is 6.62. The Hall–Kier alpha value is -1.23. The molecule has 0 aliphatic carbocycles. The lowest BCUT2D eigenvalue weighted by atomic mass is 10.1. The monoisotopic (exact) mass is 556 g/mol. The van der Waals surface area contributed by atoms with E-state index in [1.54, 1.807) is 11.3 Å². The van der Waals surface area contributed by atoms with Gasteiger partial charge in [0.2, 0.25) is 0 Å². The van der Waals surface area contributed by atoms with Gasteiger partial charge in [-0.25, -0.2) is 9.98 Å². The van der Waals surface area contributed by atoms with Crippen LogP contribution < -0.4 is 5.32 Å². The number of aryl methyl sites for hydroxylation is 1. The maximum Gasteiger partial charge on any atom is 0.194 e. The molecule has 0 bridgehead atoms. The third kappa shape index (κ3) is 8.67. The second-order valence-corrected chi connectivity index (χ2v) is 9.20. The van der Waals surface area contributed by atoms with E-state index in [1.807, 2.05) is 6.92 Å². The van der Waals surface area contributed by atoms with Gasteiger partial charge in [-0.2, -0.15) is 0 Å². The van der Waals surface area contributed by atoms with E-state index in [4.69, 9.17) is 4.99 Å². The van der Waals surface area contributed by atoms with Crippen molar-refractivity contribution >= 4 is 41.3 Å². The van der Waals surface area contributed by atoms with E-state index < -0.39 is 0 Å². The summed E-state index contributed by atoms with van der Waals surface area (Å²) in [6.45, 7) is 12.2. The zero-order chi connectivity index (χ0) is 21.3. The molecule has 1 aliphatic heterocycles. The Kier molecular flexibility index (Phi) is 11.2. The van der Waals surface area contributed by atoms with Crippen LogP contribution in [0.2, 0.25) is 0 Å². The highest BCUT2D eigenvalue weighted by Crippen LogP contribution is 2.12. The molecule has 1 aromatic carbocycles. The van der Waals surface area contributed by atoms with Gasteiger partial charge in [0, 0.05) is 38.6 Å². The van der Waals surface area contributed by atoms with Gasteiger partial charge in [-0.3, -0.25) is 4.90 Å². The number of likely N-dealkylation sites (N-methyl/N-ethyl adjacent to an activating group) is 1. The summed E-state index contributed by atoms with van der Waals surface area (Å²) in [7, 11) is 4.29. The first-order chi connectivity index (χ1) is 14.5. The number of aromatic nitrogens is 1. The Labute approximate surface area is 208 Å². The maximum atomic E-state index is 4.84. The van der Waals surface area contributed by atoms with Crippen LogP contribution in [0.3, 0.4) is 0 Å². The molecule has 0 unspecified atom stereocenters. The summed E-state index contributed by atoms with van der Waals surface area (Å²) in [6, 6.07) is 8.95. The number of guanidine groups is 1. The lowest BCUT2D eigenvalue weighted by Crippen LogP contribution is -2.38. The smallest absolute Gasteiger partial charge is 0.194 e. The lowest BCUT2D eigenvalue weighted by Gasteiger charge is -2.21. The largest absolute Gasteiger partial charge is 0.357 e. The van der Waals surface area contributed by atoms with Gasteiger partial charge in [-0.05, 0) is 51.5 Å². The van der Waals surface area contributed by atoms with Crippen molar-refractivity contribution in [2.75, 3.05) is 46.8 Å². The molecule has 2 heterocycles. The molecular formula is C23H37IN6S. The predicted octanol–water partition coefficient (Wildman–Crippen LogP) is 3.80. The number of halogens is 1. The first-order valence-electron chi connectivity index (χ1n) is 10.9. The van der Waals surface area contributed by atoms with E-state index in [1.165, 1.54) is 30.6 Å². The zero-order valence-corrected chi connectivity index (χ0v) is 22.5. The van der Waals surface area contributed by atoms with E-state index in [0.717, 1.165) is 49.4 Å². The molecule has 2 aromatic rings. The van der Waals surface area contributed by atoms with Crippen LogP contribution in [0.4, 0.5) is 0 Å². The minimum atomic E-state index is 0. The fraction of sp³-hybridized carbons (Fsp3) is 0.565. The van der Waals surface area contributed by atoms with Gasteiger partial charge in [0.25, 0.3) is 0 Å². The Balaban J connectivity index is 0.00000341. The first kappa shape index (κ1) is 26.0. The van der Waals surface area contributed by atoms with Crippen molar-refractivity contribution in [2.45, 2.75) is 39.9 Å². The number of thiazole rings is 1. The highest BCUT2D eigenvalue weighted by atomic mass is 127. The van der Waals surface area contributed by atoms with Crippen LogP contribution in [0, 0.1) is 6.92 Å². The molecule has 172 valence electrons. The number of rotatable bonds is 7. The standard InChI is InChI=1S/C23H36N6S.HI/c1-5-24-23(28(4)17-22-18-30-19(2)26-22)25-15-20-7-9-21(10-8-20)16-29-12-6-11-27(3)13-14-29;/h7-10,18H,5-6,11-17H2,1-4H3,(H,24,25);1H. The van der Waals surface area contributed by atoms with Crippen molar-refractivity contribution in [3.63, 3.8) is 0 Å². The molecule has 1 N–H and O–H groups in total. The van der Waals surface area contributed by atoms with Crippen molar-refractivity contribution in [1.82, 2.24) is 25.0 Å². The van der Waals surface area contributed by atoms with E-state index in [9.17, 15) is 0 Å². The fourth-order valence-electron chi connectivity index (χ4n) is 3.70. The quantitative estimate of drug-likeness (QED) is 0.320. The van der Waals surface area contributed by atoms with Gasteiger partial charge >= 0.3 is 0 Å². The number of nitrogens with zero attached hydrogens (tertiary/aromatic N) is 5. The molecule has 1 aromatic heterocycles. The van der Waals surface area contributed by atoms with Crippen molar-refractivity contribution < 1.29 is 0 Å². The molecule has 3 rings (SSSR count). The minimum Gasteiger partial charge on any atom is -0.357 e. The molecule has 0 spiro atoms. The van der Waals surface area contributed by atoms with Crippen LogP contribution in [0.1, 0.15) is 35.2 Å². The molecule has 0 amide bonds. The third-order valence-electron chi connectivity index (χ3n) is 5.41. The van der Waals surface area contributed by atoms with E-state index in [0.29, 0.717) is 6.54 Å². The molecule has 6 nitrogen and oxygen atoms in total. The molecule has 31 heavy (non-hydrogen) atoms. The fourth-order valence-corrected chi connectivity index (χ4v) is 4.30. The summed E-state index contributed by atoms with van der Waals surface area (Å²) in [5.74, 6) is 0.918. The van der Waals surface area contributed by atoms with Crippen LogP contribution in [0.25, 0.3) is 0 Å². The topological polar surface area (TPSA) is 47.0 Å². The average Bonchev–Trinajstić information content (AvgIpc) is 3.03. The van der Waals surface area contributed by atoms with Gasteiger partial charge in [-0.1, -0.05) is 24.3 Å². The van der Waals surface area contributed by atoms with Crippen LogP contribution >= 0.6 is 35.3 Å². The summed E-state index contributed by atoms with van der Waals surface area (Å²) in [6.07, 6.45) is 1.25. The predicted molar refractivity (Wildman–Crippen MR) is 142 cm³/mol. The van der Waals surface area contributed by atoms with Crippen molar-refractivity contribution in [3.05, 3.63) is 51.5 Å². The van der Waals surface area contributed by atoms with Crippen LogP contribution in [0.15, 0.2) is 34.6 Å². The van der Waals surface area contributed by atoms with Crippen molar-refractivity contribution in [2.24, 2.45) is 4.99 Å². The average molecular weight is 557 g/mol. The van der Waals surface area contributed by atoms with Gasteiger partial charge in [0.05, 0.1) is 23.8 Å². The van der Waals surface area contributed by atoms with Crippen LogP contribution in [0.5, 0.6) is 0 Å². The summed E-state index contributed by atoms with van der Waals surface area (Å²) < 4.78 is 0. The minimum absolute atomic E-state index is 0. The van der Waals surface area contributed by atoms with E-state index in [-0.39, 0.29) is 24.0 Å². The van der Waals surface area contributed by atoms with Gasteiger partial charge in [0.1, 0.15) is 0 Å². The van der Waals surface area contributed by atoms with Crippen LogP contribution in [-0.4, -0.2) is 72.5 Å². The highest BCUT2D eigenvalue weighted by Gasteiger charge is 2.12. The normalized spacial score (nSPS) is 15.9. The van der Waals surface area contributed by atoms with E-state index in [2.05, 4.69) is 75.7 Å². The Morgan fingerprint density at radius 1 is 1.16 bits per heavy atom. The summed E-state index contributed by atoms with van der Waals surface area (Å²) in [4.78, 5) is 16.5. The van der Waals surface area contributed by atoms with Crippen molar-refractivity contribution in [1.29, 1.82) is 0 Å². The molecule has 1 saturated heterocycles. The Morgan fingerprint density at radius 3 is 2.58 bits per heavy atom. The molecule has 0 saturated carbocycles. The van der Waals surface area contributed by atoms with E-state index >= 15 is 0 Å². The second-order valence-electron chi connectivity index (χ2n) is 8.13. The Morgan fingerprint density at radius 2 is 1.90 bits per heavy atom. The summed E-state index contributed by atoms with van der Waals surface area (Å²) >= 11 is 1.69. The molecule has 1 aliphatic rings. The molecule has 1 fully saturated rings. The van der Waals surface area contributed by atoms with Gasteiger partial charge in [-0.15, -0.1) is 35.3 Å². The van der Waals surface area contributed by atoms with Crippen LogP contribution in [-0.2, 0) is 19.6 Å². The third-order valence-corrected chi connectivity index (χ3v) is 6.24. The number of hydrogen-bond donors (Lipinski definition) is 1. The highest BCUT2D eigenvalue weighted by molar-refractivity contribution is 14.0. The second kappa shape index (κ2) is 13.3. The molecular weight excluding hydrogens is 519 g/mol. The van der Waals surface area contributed by atoms with Gasteiger partial charge < -0.3 is 15.1 Å². The van der Waals surface area contributed by atoms with Crippen molar-refractivity contribution in [3.8, 4) is 0 Å². The number of hydrogen-bond acceptors (Lipinski definition) is 5. The molecule has 8 heteroatoms. The number of benzene rings is 1. The number of nitrogens with one attached hydrogen (secondary N) is 1. The lowest BCUT2D eigenvalue weighted by molar-refractivity contribution is 0.269. The first-order valence-corrected chi connectivity index (χ1v) is 11.8.